The first kappa shape index (κ1) is 12.8. The predicted octanol–water partition coefficient (Wildman–Crippen LogP) is 0.727. The Morgan fingerprint density at radius 2 is 2.24 bits per heavy atom. The summed E-state index contributed by atoms with van der Waals surface area (Å²) in [7, 11) is 0. The summed E-state index contributed by atoms with van der Waals surface area (Å²) in [5.41, 5.74) is 0. The number of hydrogen-bond acceptors (Lipinski definition) is 3. The summed E-state index contributed by atoms with van der Waals surface area (Å²) in [5.74, 6) is 0.201. The van der Waals surface area contributed by atoms with E-state index in [1.807, 2.05) is 6.92 Å². The van der Waals surface area contributed by atoms with Crippen LogP contribution in [0.2, 0.25) is 0 Å². The second kappa shape index (κ2) is 5.83. The third-order valence-corrected chi connectivity index (χ3v) is 3.87. The number of hydrogen-bond donors (Lipinski definition) is 2. The van der Waals surface area contributed by atoms with Gasteiger partial charge < -0.3 is 10.6 Å². The van der Waals surface area contributed by atoms with E-state index in [0.717, 1.165) is 32.5 Å². The lowest BCUT2D eigenvalue weighted by molar-refractivity contribution is -0.126. The van der Waals surface area contributed by atoms with Crippen LogP contribution in [0.3, 0.4) is 0 Å². The zero-order valence-corrected chi connectivity index (χ0v) is 11.0. The third-order valence-electron chi connectivity index (χ3n) is 3.87. The summed E-state index contributed by atoms with van der Waals surface area (Å²) < 4.78 is 0. The average molecular weight is 239 g/mol. The summed E-state index contributed by atoms with van der Waals surface area (Å²) >= 11 is 0. The summed E-state index contributed by atoms with van der Waals surface area (Å²) in [4.78, 5) is 14.3. The second-order valence-corrected chi connectivity index (χ2v) is 5.34. The molecule has 1 heterocycles. The number of nitrogens with zero attached hydrogens (tertiary/aromatic N) is 1. The molecular weight excluding hydrogens is 214 g/mol. The van der Waals surface area contributed by atoms with Crippen molar-refractivity contribution >= 4 is 5.91 Å². The zero-order chi connectivity index (χ0) is 12.3. The smallest absolute Gasteiger partial charge is 0.237 e. The van der Waals surface area contributed by atoms with E-state index in [0.29, 0.717) is 12.1 Å². The van der Waals surface area contributed by atoms with Gasteiger partial charge in [-0.25, -0.2) is 0 Å². The number of nitrogens with one attached hydrogen (secondary N) is 2. The maximum Gasteiger partial charge on any atom is 0.237 e. The Balaban J connectivity index is 1.79. The van der Waals surface area contributed by atoms with Gasteiger partial charge in [0.05, 0.1) is 6.04 Å². The molecule has 4 heteroatoms. The van der Waals surface area contributed by atoms with Crippen molar-refractivity contribution in [2.45, 2.75) is 57.7 Å². The van der Waals surface area contributed by atoms with Crippen molar-refractivity contribution in [2.75, 3.05) is 19.6 Å². The Labute approximate surface area is 104 Å². The van der Waals surface area contributed by atoms with Gasteiger partial charge in [0.25, 0.3) is 0 Å². The van der Waals surface area contributed by atoms with E-state index in [1.54, 1.807) is 0 Å². The second-order valence-electron chi connectivity index (χ2n) is 5.34. The Morgan fingerprint density at radius 3 is 2.76 bits per heavy atom. The lowest BCUT2D eigenvalue weighted by Crippen LogP contribution is -2.49. The van der Waals surface area contributed by atoms with Crippen LogP contribution in [0.4, 0.5) is 0 Å². The standard InChI is InChI=1S/C13H25N3O/c1-3-16(9-12-5-4-8-14-12)10(2)13(17)15-11-6-7-11/h10-12,14H,3-9H2,1-2H3,(H,15,17). The minimum Gasteiger partial charge on any atom is -0.352 e. The summed E-state index contributed by atoms with van der Waals surface area (Å²) in [6.07, 6.45) is 4.84. The highest BCUT2D eigenvalue weighted by atomic mass is 16.2. The molecule has 1 saturated heterocycles. The molecule has 0 spiro atoms. The number of carbonyl (C=O) groups excluding carboxylic acids is 1. The van der Waals surface area contributed by atoms with Gasteiger partial charge in [0.2, 0.25) is 5.91 Å². The maximum atomic E-state index is 12.0. The van der Waals surface area contributed by atoms with E-state index in [2.05, 4.69) is 22.5 Å². The van der Waals surface area contributed by atoms with Gasteiger partial charge in [0.1, 0.15) is 0 Å². The van der Waals surface area contributed by atoms with Crippen molar-refractivity contribution in [1.29, 1.82) is 0 Å². The number of rotatable bonds is 6. The Bertz CT molecular complexity index is 259. The summed E-state index contributed by atoms with van der Waals surface area (Å²) in [5, 5.41) is 6.59. The highest BCUT2D eigenvalue weighted by molar-refractivity contribution is 5.81. The number of amides is 1. The zero-order valence-electron chi connectivity index (χ0n) is 11.0. The van der Waals surface area contributed by atoms with Crippen LogP contribution >= 0.6 is 0 Å². The van der Waals surface area contributed by atoms with Crippen molar-refractivity contribution < 1.29 is 4.79 Å². The molecule has 0 radical (unpaired) electrons. The summed E-state index contributed by atoms with van der Waals surface area (Å²) in [6, 6.07) is 1.04. The average Bonchev–Trinajstić information content (AvgIpc) is 2.99. The van der Waals surface area contributed by atoms with Crippen LogP contribution in [0, 0.1) is 0 Å². The van der Waals surface area contributed by atoms with Gasteiger partial charge in [0, 0.05) is 18.6 Å². The molecule has 2 atom stereocenters. The number of likely N-dealkylation sites (N-methyl/N-ethyl adjacent to an activating group) is 1. The molecule has 2 rings (SSSR count). The maximum absolute atomic E-state index is 12.0. The molecule has 2 aliphatic rings. The van der Waals surface area contributed by atoms with Gasteiger partial charge >= 0.3 is 0 Å². The molecule has 2 N–H and O–H groups in total. The molecule has 17 heavy (non-hydrogen) atoms. The first-order valence-corrected chi connectivity index (χ1v) is 6.98. The van der Waals surface area contributed by atoms with Gasteiger partial charge in [0.15, 0.2) is 0 Å². The first-order chi connectivity index (χ1) is 8.20. The van der Waals surface area contributed by atoms with Crippen molar-refractivity contribution in [3.8, 4) is 0 Å². The molecule has 1 saturated carbocycles. The molecule has 1 aliphatic heterocycles. The molecule has 0 bridgehead atoms. The highest BCUT2D eigenvalue weighted by Crippen LogP contribution is 2.19. The monoisotopic (exact) mass is 239 g/mol. The van der Waals surface area contributed by atoms with Crippen LogP contribution in [0.25, 0.3) is 0 Å². The van der Waals surface area contributed by atoms with Crippen molar-refractivity contribution in [2.24, 2.45) is 0 Å². The normalized spacial score (nSPS) is 26.2. The molecule has 2 unspecified atom stereocenters. The Hall–Kier alpha value is -0.610. The fourth-order valence-corrected chi connectivity index (χ4v) is 2.47. The Morgan fingerprint density at radius 1 is 1.47 bits per heavy atom. The van der Waals surface area contributed by atoms with Crippen molar-refractivity contribution in [1.82, 2.24) is 15.5 Å². The molecule has 0 aromatic rings. The van der Waals surface area contributed by atoms with Crippen LogP contribution < -0.4 is 10.6 Å². The molecule has 0 aromatic heterocycles. The minimum atomic E-state index is 0.00278. The molecule has 2 fully saturated rings. The quantitative estimate of drug-likeness (QED) is 0.718. The van der Waals surface area contributed by atoms with Gasteiger partial charge in [-0.05, 0) is 45.7 Å². The van der Waals surface area contributed by atoms with E-state index in [4.69, 9.17) is 0 Å². The Kier molecular flexibility index (Phi) is 4.40. The van der Waals surface area contributed by atoms with Crippen LogP contribution in [0.15, 0.2) is 0 Å². The van der Waals surface area contributed by atoms with Gasteiger partial charge in [-0.1, -0.05) is 6.92 Å². The fraction of sp³-hybridized carbons (Fsp3) is 0.923. The van der Waals surface area contributed by atoms with E-state index < -0.39 is 0 Å². The van der Waals surface area contributed by atoms with Crippen LogP contribution in [-0.2, 0) is 4.79 Å². The molecule has 1 aliphatic carbocycles. The number of carbonyl (C=O) groups is 1. The van der Waals surface area contributed by atoms with Gasteiger partial charge in [-0.15, -0.1) is 0 Å². The van der Waals surface area contributed by atoms with Gasteiger partial charge in [-0.2, -0.15) is 0 Å². The first-order valence-electron chi connectivity index (χ1n) is 6.98. The lowest BCUT2D eigenvalue weighted by Gasteiger charge is -2.29. The van der Waals surface area contributed by atoms with E-state index >= 15 is 0 Å². The molecular formula is C13H25N3O. The molecule has 98 valence electrons. The SMILES string of the molecule is CCN(CC1CCCN1)C(C)C(=O)NC1CC1. The molecule has 0 aromatic carbocycles. The highest BCUT2D eigenvalue weighted by Gasteiger charge is 2.29. The van der Waals surface area contributed by atoms with E-state index in [-0.39, 0.29) is 11.9 Å². The topological polar surface area (TPSA) is 44.4 Å². The fourth-order valence-electron chi connectivity index (χ4n) is 2.47. The van der Waals surface area contributed by atoms with E-state index in [1.165, 1.54) is 12.8 Å². The molecule has 4 nitrogen and oxygen atoms in total. The van der Waals surface area contributed by atoms with Crippen LogP contribution in [0.1, 0.15) is 39.5 Å². The molecule has 1 amide bonds. The minimum absolute atomic E-state index is 0.00278. The van der Waals surface area contributed by atoms with Crippen molar-refractivity contribution in [3.63, 3.8) is 0 Å². The van der Waals surface area contributed by atoms with Gasteiger partial charge in [-0.3, -0.25) is 9.69 Å². The predicted molar refractivity (Wildman–Crippen MR) is 68.9 cm³/mol. The van der Waals surface area contributed by atoms with Crippen molar-refractivity contribution in [3.05, 3.63) is 0 Å². The largest absolute Gasteiger partial charge is 0.352 e. The lowest BCUT2D eigenvalue weighted by atomic mass is 10.1. The van der Waals surface area contributed by atoms with E-state index in [9.17, 15) is 4.79 Å². The van der Waals surface area contributed by atoms with Crippen LogP contribution in [-0.4, -0.2) is 48.6 Å². The summed E-state index contributed by atoms with van der Waals surface area (Å²) in [6.45, 7) is 7.23. The van der Waals surface area contributed by atoms with Crippen LogP contribution in [0.5, 0.6) is 0 Å². The third kappa shape index (κ3) is 3.68.